The van der Waals surface area contributed by atoms with Crippen LogP contribution < -0.4 is 5.41 Å². The lowest BCUT2D eigenvalue weighted by molar-refractivity contribution is -0.0979. The van der Waals surface area contributed by atoms with Gasteiger partial charge in [0.25, 0.3) is 0 Å². The van der Waals surface area contributed by atoms with Crippen molar-refractivity contribution in [3.63, 3.8) is 0 Å². The van der Waals surface area contributed by atoms with Crippen LogP contribution in [0.2, 0.25) is 0 Å². The summed E-state index contributed by atoms with van der Waals surface area (Å²) in [5.41, 5.74) is 0.169. The molecule has 1 aromatic carbocycles. The van der Waals surface area contributed by atoms with E-state index in [9.17, 15) is 8.78 Å². The van der Waals surface area contributed by atoms with Crippen molar-refractivity contribution >= 4 is 6.72 Å². The monoisotopic (exact) mass is 172 g/mol. The number of benzene rings is 1. The maximum atomic E-state index is 12.6. The van der Waals surface area contributed by atoms with Crippen molar-refractivity contribution in [3.8, 4) is 0 Å². The van der Waals surface area contributed by atoms with E-state index >= 15 is 0 Å². The first-order chi connectivity index (χ1) is 5.75. The van der Waals surface area contributed by atoms with Gasteiger partial charge in [-0.15, -0.1) is 0 Å². The maximum absolute atomic E-state index is 12.6. The van der Waals surface area contributed by atoms with Crippen LogP contribution in [0.5, 0.6) is 0 Å². The minimum absolute atomic E-state index is 0.169. The first kappa shape index (κ1) is 10.8. The zero-order valence-corrected chi connectivity index (χ0v) is 6.98. The van der Waals surface area contributed by atoms with Gasteiger partial charge in [0, 0.05) is 5.56 Å². The molecule has 0 unspecified atom stereocenters. The zero-order chi connectivity index (χ0) is 9.56. The third-order valence-corrected chi connectivity index (χ3v) is 1.42. The highest BCUT2D eigenvalue weighted by molar-refractivity contribution is 5.19. The van der Waals surface area contributed by atoms with Crippen LogP contribution in [0.25, 0.3) is 0 Å². The van der Waals surface area contributed by atoms with E-state index in [-0.39, 0.29) is 5.56 Å². The molecule has 0 heterocycles. The topological polar surface area (TPSA) is 25.6 Å². The third-order valence-electron chi connectivity index (χ3n) is 1.42. The van der Waals surface area contributed by atoms with E-state index in [2.05, 4.69) is 12.1 Å². The summed E-state index contributed by atoms with van der Waals surface area (Å²) in [6, 6.07) is 3.90. The van der Waals surface area contributed by atoms with Crippen molar-refractivity contribution in [1.82, 2.24) is 0 Å². The summed E-state index contributed by atoms with van der Waals surface area (Å²) < 4.78 is 25.2. The van der Waals surface area contributed by atoms with Crippen LogP contribution in [-0.4, -0.2) is 6.72 Å². The fourth-order valence-corrected chi connectivity index (χ4v) is 0.870. The summed E-state index contributed by atoms with van der Waals surface area (Å²) >= 11 is 0. The second-order valence-corrected chi connectivity index (χ2v) is 2.05. The molecular weight excluding hydrogens is 160 g/mol. The second-order valence-electron chi connectivity index (χ2n) is 2.05. The van der Waals surface area contributed by atoms with Crippen molar-refractivity contribution < 1.29 is 14.2 Å². The number of hydrogen-bond acceptors (Lipinski definition) is 0. The highest BCUT2D eigenvalue weighted by atomic mass is 19.1. The molecule has 0 saturated carbocycles. The van der Waals surface area contributed by atoms with Crippen LogP contribution in [0, 0.1) is 11.6 Å². The lowest BCUT2D eigenvalue weighted by Crippen LogP contribution is -2.21. The highest BCUT2D eigenvalue weighted by Gasteiger charge is 2.03. The largest absolute Gasteiger partial charge is 0.267 e. The van der Waals surface area contributed by atoms with Crippen molar-refractivity contribution in [2.75, 3.05) is 0 Å². The van der Waals surface area contributed by atoms with Crippen LogP contribution in [-0.2, 0) is 6.42 Å². The molecule has 0 aliphatic heterocycles. The second kappa shape index (κ2) is 5.41. The van der Waals surface area contributed by atoms with E-state index in [1.54, 1.807) is 6.92 Å². The van der Waals surface area contributed by atoms with E-state index in [0.717, 1.165) is 0 Å². The molecule has 0 aliphatic rings. The molecule has 0 fully saturated rings. The average Bonchev–Trinajstić information content (AvgIpc) is 2.08. The molecule has 0 aromatic heterocycles. The standard InChI is InChI=1S/C8H8F2.CH3N/c1-2-6-7(9)4-3-5-8(6)10;1-2/h3-5H,2H2,1H3;2H,1H2/p+1. The Balaban J connectivity index is 0.000000561. The Kier molecular flexibility index (Phi) is 4.84. The zero-order valence-electron chi connectivity index (χ0n) is 6.98. The van der Waals surface area contributed by atoms with Crippen LogP contribution in [0.3, 0.4) is 0 Å². The first-order valence-electron chi connectivity index (χ1n) is 3.59. The van der Waals surface area contributed by atoms with E-state index in [0.29, 0.717) is 6.42 Å². The fourth-order valence-electron chi connectivity index (χ4n) is 0.870. The summed E-state index contributed by atoms with van der Waals surface area (Å²) in [7, 11) is 0. The minimum atomic E-state index is -0.456. The van der Waals surface area contributed by atoms with Gasteiger partial charge in [0.15, 0.2) is 0 Å². The minimum Gasteiger partial charge on any atom is -0.267 e. The van der Waals surface area contributed by atoms with Crippen molar-refractivity contribution in [2.45, 2.75) is 13.3 Å². The lowest BCUT2D eigenvalue weighted by atomic mass is 10.1. The summed E-state index contributed by atoms with van der Waals surface area (Å²) in [5, 5.41) is 4.25. The van der Waals surface area contributed by atoms with Gasteiger partial charge in [0.2, 0.25) is 0 Å². The van der Waals surface area contributed by atoms with E-state index < -0.39 is 11.6 Å². The Morgan fingerprint density at radius 3 is 1.92 bits per heavy atom. The molecule has 1 nitrogen and oxygen atoms in total. The maximum Gasteiger partial charge on any atom is 0.129 e. The van der Waals surface area contributed by atoms with Gasteiger partial charge in [0.05, 0.1) is 0 Å². The predicted octanol–water partition coefficient (Wildman–Crippen LogP) is 0.973. The SMILES string of the molecule is C=[NH2+].CCc1c(F)cccc1F. The molecule has 0 spiro atoms. The molecule has 0 atom stereocenters. The molecule has 0 aliphatic carbocycles. The lowest BCUT2D eigenvalue weighted by Gasteiger charge is -1.98. The van der Waals surface area contributed by atoms with E-state index in [4.69, 9.17) is 0 Å². The fraction of sp³-hybridized carbons (Fsp3) is 0.222. The Labute approximate surface area is 70.5 Å². The Morgan fingerprint density at radius 1 is 1.25 bits per heavy atom. The highest BCUT2D eigenvalue weighted by Crippen LogP contribution is 2.11. The summed E-state index contributed by atoms with van der Waals surface area (Å²) in [5.74, 6) is -0.912. The molecule has 1 rings (SSSR count). The van der Waals surface area contributed by atoms with Gasteiger partial charge in [0.1, 0.15) is 18.4 Å². The molecule has 0 amide bonds. The van der Waals surface area contributed by atoms with Crippen molar-refractivity contribution in [3.05, 3.63) is 35.4 Å². The van der Waals surface area contributed by atoms with Crippen molar-refractivity contribution in [2.24, 2.45) is 0 Å². The van der Waals surface area contributed by atoms with Crippen LogP contribution in [0.1, 0.15) is 12.5 Å². The van der Waals surface area contributed by atoms with Gasteiger partial charge in [-0.3, -0.25) is 5.41 Å². The molecule has 12 heavy (non-hydrogen) atoms. The molecular formula is C9H12F2N+. The van der Waals surface area contributed by atoms with E-state index in [1.165, 1.54) is 18.2 Å². The Bertz CT molecular complexity index is 228. The van der Waals surface area contributed by atoms with E-state index in [1.807, 2.05) is 0 Å². The molecule has 66 valence electrons. The molecule has 0 radical (unpaired) electrons. The van der Waals surface area contributed by atoms with Crippen LogP contribution >= 0.6 is 0 Å². The number of hydrogen-bond donors (Lipinski definition) is 1. The summed E-state index contributed by atoms with van der Waals surface area (Å²) in [6.45, 7) is 4.47. The van der Waals surface area contributed by atoms with Crippen molar-refractivity contribution in [1.29, 1.82) is 0 Å². The molecule has 1 aromatic rings. The van der Waals surface area contributed by atoms with Gasteiger partial charge in [-0.05, 0) is 18.6 Å². The quantitative estimate of drug-likeness (QED) is 0.611. The number of halogens is 2. The van der Waals surface area contributed by atoms with Gasteiger partial charge >= 0.3 is 0 Å². The molecule has 2 N–H and O–H groups in total. The number of nitrogens with two attached hydrogens (primary N) is 1. The molecule has 0 bridgehead atoms. The van der Waals surface area contributed by atoms with Crippen LogP contribution in [0.15, 0.2) is 18.2 Å². The van der Waals surface area contributed by atoms with Gasteiger partial charge in [-0.2, -0.15) is 0 Å². The third kappa shape index (κ3) is 2.42. The van der Waals surface area contributed by atoms with Gasteiger partial charge in [-0.25, -0.2) is 8.78 Å². The average molecular weight is 172 g/mol. The number of rotatable bonds is 1. The Morgan fingerprint density at radius 2 is 1.67 bits per heavy atom. The van der Waals surface area contributed by atoms with Gasteiger partial charge in [-0.1, -0.05) is 13.0 Å². The normalized spacial score (nSPS) is 8.58. The Hall–Kier alpha value is -1.25. The molecule has 0 saturated heterocycles. The van der Waals surface area contributed by atoms with Gasteiger partial charge < -0.3 is 0 Å². The first-order valence-corrected chi connectivity index (χ1v) is 3.59. The molecule has 3 heteroatoms. The summed E-state index contributed by atoms with van der Waals surface area (Å²) in [6.07, 6.45) is 0.401. The smallest absolute Gasteiger partial charge is 0.129 e. The van der Waals surface area contributed by atoms with Crippen LogP contribution in [0.4, 0.5) is 8.78 Å². The predicted molar refractivity (Wildman–Crippen MR) is 44.8 cm³/mol. The summed E-state index contributed by atoms with van der Waals surface area (Å²) in [4.78, 5) is 0.